The summed E-state index contributed by atoms with van der Waals surface area (Å²) in [5.41, 5.74) is 2.26. The molecule has 0 spiro atoms. The third-order valence-electron chi connectivity index (χ3n) is 3.60. The molecular formula is C16H19N3O2. The first-order valence-corrected chi connectivity index (χ1v) is 6.94. The molecular weight excluding hydrogens is 266 g/mol. The minimum atomic E-state index is 0.156. The van der Waals surface area contributed by atoms with Gasteiger partial charge < -0.3 is 19.4 Å². The number of para-hydroxylation sites is 1. The van der Waals surface area contributed by atoms with Gasteiger partial charge in [0.05, 0.1) is 32.2 Å². The predicted molar refractivity (Wildman–Crippen MR) is 81.3 cm³/mol. The van der Waals surface area contributed by atoms with Crippen LogP contribution in [0, 0.1) is 0 Å². The molecule has 1 aromatic carbocycles. The fourth-order valence-electron chi connectivity index (χ4n) is 2.52. The third-order valence-corrected chi connectivity index (χ3v) is 3.60. The van der Waals surface area contributed by atoms with Crippen LogP contribution in [0.1, 0.15) is 17.2 Å². The van der Waals surface area contributed by atoms with Crippen molar-refractivity contribution in [3.8, 4) is 5.75 Å². The molecule has 1 N–H and O–H groups in total. The van der Waals surface area contributed by atoms with Crippen molar-refractivity contribution in [2.45, 2.75) is 12.6 Å². The molecule has 0 radical (unpaired) electrons. The molecule has 5 heteroatoms. The highest BCUT2D eigenvalue weighted by Gasteiger charge is 2.24. The Bertz CT molecular complexity index is 622. The normalized spacial score (nSPS) is 17.2. The lowest BCUT2D eigenvalue weighted by atomic mass is 10.1. The van der Waals surface area contributed by atoms with Crippen molar-refractivity contribution in [2.75, 3.05) is 20.7 Å². The van der Waals surface area contributed by atoms with Crippen LogP contribution in [0.2, 0.25) is 0 Å². The molecule has 0 aliphatic carbocycles. The third kappa shape index (κ3) is 2.86. The van der Waals surface area contributed by atoms with Crippen LogP contribution in [0.4, 0.5) is 0 Å². The second-order valence-corrected chi connectivity index (χ2v) is 5.09. The molecule has 1 aromatic heterocycles. The maximum absolute atomic E-state index is 5.42. The van der Waals surface area contributed by atoms with Crippen LogP contribution in [-0.4, -0.2) is 31.6 Å². The van der Waals surface area contributed by atoms with Gasteiger partial charge in [-0.05, 0) is 12.1 Å². The van der Waals surface area contributed by atoms with Gasteiger partial charge in [-0.25, -0.2) is 0 Å². The number of hydrogen-bond donors (Lipinski definition) is 1. The fraction of sp³-hybridized carbons (Fsp3) is 0.312. The van der Waals surface area contributed by atoms with E-state index in [1.54, 1.807) is 19.6 Å². The number of rotatable bonds is 4. The maximum Gasteiger partial charge on any atom is 0.194 e. The molecule has 110 valence electrons. The lowest BCUT2D eigenvalue weighted by molar-refractivity contribution is 0.404. The number of guanidine groups is 1. The Kier molecular flexibility index (Phi) is 3.81. The van der Waals surface area contributed by atoms with E-state index in [1.807, 2.05) is 31.3 Å². The van der Waals surface area contributed by atoms with Crippen molar-refractivity contribution in [2.24, 2.45) is 4.99 Å². The van der Waals surface area contributed by atoms with Gasteiger partial charge in [-0.2, -0.15) is 0 Å². The van der Waals surface area contributed by atoms with Gasteiger partial charge in [0.25, 0.3) is 0 Å². The summed E-state index contributed by atoms with van der Waals surface area (Å²) in [6.07, 6.45) is 3.44. The van der Waals surface area contributed by atoms with E-state index >= 15 is 0 Å². The van der Waals surface area contributed by atoms with Crippen molar-refractivity contribution in [3.63, 3.8) is 0 Å². The summed E-state index contributed by atoms with van der Waals surface area (Å²) in [6, 6.07) is 10.2. The standard InChI is InChI=1S/C16H19N3O2/c1-19(10-12-7-8-21-11-12)16-17-9-14(18-16)13-5-3-4-6-15(13)20-2/h3-8,11,14H,9-10H2,1-2H3,(H,17,18). The maximum atomic E-state index is 5.42. The zero-order valence-electron chi connectivity index (χ0n) is 12.2. The topological polar surface area (TPSA) is 50.0 Å². The summed E-state index contributed by atoms with van der Waals surface area (Å²) < 4.78 is 10.5. The molecule has 0 bridgehead atoms. The molecule has 1 atom stereocenters. The van der Waals surface area contributed by atoms with Gasteiger partial charge in [0, 0.05) is 24.7 Å². The monoisotopic (exact) mass is 285 g/mol. The zero-order chi connectivity index (χ0) is 14.7. The van der Waals surface area contributed by atoms with Crippen molar-refractivity contribution >= 4 is 5.96 Å². The highest BCUT2D eigenvalue weighted by Crippen LogP contribution is 2.27. The Balaban J connectivity index is 1.67. The molecule has 0 saturated carbocycles. The van der Waals surface area contributed by atoms with E-state index < -0.39 is 0 Å². The van der Waals surface area contributed by atoms with Gasteiger partial charge in [0.15, 0.2) is 5.96 Å². The minimum Gasteiger partial charge on any atom is -0.496 e. The number of nitrogens with one attached hydrogen (secondary N) is 1. The van der Waals surface area contributed by atoms with Gasteiger partial charge in [0.1, 0.15) is 5.75 Å². The molecule has 1 unspecified atom stereocenters. The minimum absolute atomic E-state index is 0.156. The van der Waals surface area contributed by atoms with Crippen molar-refractivity contribution in [1.82, 2.24) is 10.2 Å². The van der Waals surface area contributed by atoms with Crippen LogP contribution in [0.15, 0.2) is 52.3 Å². The van der Waals surface area contributed by atoms with E-state index in [0.717, 1.165) is 29.4 Å². The smallest absolute Gasteiger partial charge is 0.194 e. The van der Waals surface area contributed by atoms with Crippen LogP contribution in [0.3, 0.4) is 0 Å². The highest BCUT2D eigenvalue weighted by atomic mass is 16.5. The van der Waals surface area contributed by atoms with E-state index in [-0.39, 0.29) is 6.04 Å². The van der Waals surface area contributed by atoms with Crippen molar-refractivity contribution in [3.05, 3.63) is 54.0 Å². The number of furan rings is 1. The zero-order valence-corrected chi connectivity index (χ0v) is 12.2. The lowest BCUT2D eigenvalue weighted by Gasteiger charge is -2.21. The molecule has 3 rings (SSSR count). The Morgan fingerprint density at radius 1 is 1.38 bits per heavy atom. The number of hydrogen-bond acceptors (Lipinski definition) is 5. The number of nitrogens with zero attached hydrogens (tertiary/aromatic N) is 2. The van der Waals surface area contributed by atoms with Crippen molar-refractivity contribution in [1.29, 1.82) is 0 Å². The quantitative estimate of drug-likeness (QED) is 0.937. The van der Waals surface area contributed by atoms with Crippen LogP contribution in [0.25, 0.3) is 0 Å². The number of benzene rings is 1. The fourth-order valence-corrected chi connectivity index (χ4v) is 2.52. The molecule has 21 heavy (non-hydrogen) atoms. The molecule has 0 saturated heterocycles. The first kappa shape index (κ1) is 13.5. The summed E-state index contributed by atoms with van der Waals surface area (Å²) in [5, 5.41) is 3.46. The number of methoxy groups -OCH3 is 1. The summed E-state index contributed by atoms with van der Waals surface area (Å²) in [7, 11) is 3.71. The van der Waals surface area contributed by atoms with E-state index in [0.29, 0.717) is 6.54 Å². The Morgan fingerprint density at radius 3 is 3.00 bits per heavy atom. The molecule has 0 amide bonds. The second-order valence-electron chi connectivity index (χ2n) is 5.09. The summed E-state index contributed by atoms with van der Waals surface area (Å²) >= 11 is 0. The van der Waals surface area contributed by atoms with E-state index in [2.05, 4.69) is 21.3 Å². The van der Waals surface area contributed by atoms with Gasteiger partial charge in [-0.3, -0.25) is 4.99 Å². The van der Waals surface area contributed by atoms with Gasteiger partial charge >= 0.3 is 0 Å². The number of ether oxygens (including phenoxy) is 1. The molecule has 5 nitrogen and oxygen atoms in total. The van der Waals surface area contributed by atoms with Gasteiger partial charge in [0.2, 0.25) is 0 Å². The van der Waals surface area contributed by atoms with Crippen LogP contribution >= 0.6 is 0 Å². The predicted octanol–water partition coefficient (Wildman–Crippen LogP) is 2.42. The average Bonchev–Trinajstić information content (AvgIpc) is 3.18. The Morgan fingerprint density at radius 2 is 2.24 bits per heavy atom. The number of aliphatic imine (C=N–C) groups is 1. The van der Waals surface area contributed by atoms with Crippen LogP contribution in [-0.2, 0) is 6.54 Å². The van der Waals surface area contributed by atoms with Crippen LogP contribution < -0.4 is 10.1 Å². The first-order chi connectivity index (χ1) is 10.3. The molecule has 2 heterocycles. The molecule has 1 aliphatic rings. The molecule has 2 aromatic rings. The van der Waals surface area contributed by atoms with E-state index in [4.69, 9.17) is 9.15 Å². The molecule has 1 aliphatic heterocycles. The highest BCUT2D eigenvalue weighted by molar-refractivity contribution is 5.82. The first-order valence-electron chi connectivity index (χ1n) is 6.94. The van der Waals surface area contributed by atoms with E-state index in [9.17, 15) is 0 Å². The Hall–Kier alpha value is -2.43. The largest absolute Gasteiger partial charge is 0.496 e. The summed E-state index contributed by atoms with van der Waals surface area (Å²) in [5.74, 6) is 1.79. The summed E-state index contributed by atoms with van der Waals surface area (Å²) in [6.45, 7) is 1.48. The van der Waals surface area contributed by atoms with Gasteiger partial charge in [-0.15, -0.1) is 0 Å². The average molecular weight is 285 g/mol. The summed E-state index contributed by atoms with van der Waals surface area (Å²) in [4.78, 5) is 6.68. The second kappa shape index (κ2) is 5.91. The molecule has 0 fully saturated rings. The van der Waals surface area contributed by atoms with Crippen LogP contribution in [0.5, 0.6) is 5.75 Å². The lowest BCUT2D eigenvalue weighted by Crippen LogP contribution is -2.36. The van der Waals surface area contributed by atoms with E-state index in [1.165, 1.54) is 0 Å². The van der Waals surface area contributed by atoms with Gasteiger partial charge in [-0.1, -0.05) is 18.2 Å². The Labute approximate surface area is 124 Å². The SMILES string of the molecule is COc1ccccc1C1CN=C(N(C)Cc2ccoc2)N1. The van der Waals surface area contributed by atoms with Crippen molar-refractivity contribution < 1.29 is 9.15 Å².